The zero-order chi connectivity index (χ0) is 14.4. The number of nitrogen functional groups attached to an aromatic ring is 1. The minimum Gasteiger partial charge on any atom is -0.368 e. The quantitative estimate of drug-likeness (QED) is 0.891. The van der Waals surface area contributed by atoms with Crippen LogP contribution in [-0.2, 0) is 0 Å². The zero-order valence-electron chi connectivity index (χ0n) is 12.1. The van der Waals surface area contributed by atoms with Crippen LogP contribution in [0.1, 0.15) is 25.2 Å². The molecule has 2 fully saturated rings. The van der Waals surface area contributed by atoms with Crippen LogP contribution in [0, 0.1) is 0 Å². The third-order valence-corrected chi connectivity index (χ3v) is 4.76. The lowest BCUT2D eigenvalue weighted by atomic mass is 10.2. The van der Waals surface area contributed by atoms with Gasteiger partial charge in [-0.1, -0.05) is 18.2 Å². The number of fused-ring (bicyclic) bond motifs is 2. The number of nitrogens with two attached hydrogens (primary N) is 1. The molecule has 2 bridgehead atoms. The number of hydrogen-bond donors (Lipinski definition) is 2. The minimum atomic E-state index is 0.214. The summed E-state index contributed by atoms with van der Waals surface area (Å²) in [5.41, 5.74) is 6.97. The molecule has 2 aliphatic rings. The van der Waals surface area contributed by atoms with Crippen molar-refractivity contribution in [2.75, 3.05) is 23.7 Å². The van der Waals surface area contributed by atoms with Gasteiger partial charge in [0.1, 0.15) is 0 Å². The Labute approximate surface area is 124 Å². The van der Waals surface area contributed by atoms with E-state index in [1.807, 2.05) is 0 Å². The third-order valence-electron chi connectivity index (χ3n) is 4.76. The Kier molecular flexibility index (Phi) is 2.85. The van der Waals surface area contributed by atoms with E-state index in [0.29, 0.717) is 18.0 Å². The van der Waals surface area contributed by atoms with Crippen molar-refractivity contribution in [3.8, 4) is 0 Å². The van der Waals surface area contributed by atoms with Crippen LogP contribution in [0.2, 0.25) is 0 Å². The Morgan fingerprint density at radius 2 is 2.05 bits per heavy atom. The SMILES string of the molecule is CC(c1n[nH]c(N)n1)N1C[C@@H]2C[C@H]1CN2c1ccccc1. The van der Waals surface area contributed by atoms with Crippen LogP contribution in [-0.4, -0.2) is 45.3 Å². The Morgan fingerprint density at radius 1 is 1.24 bits per heavy atom. The van der Waals surface area contributed by atoms with E-state index in [9.17, 15) is 0 Å². The molecule has 21 heavy (non-hydrogen) atoms. The molecule has 1 unspecified atom stereocenters. The zero-order valence-corrected chi connectivity index (χ0v) is 12.1. The van der Waals surface area contributed by atoms with Crippen LogP contribution in [0.3, 0.4) is 0 Å². The fourth-order valence-electron chi connectivity index (χ4n) is 3.73. The van der Waals surface area contributed by atoms with Gasteiger partial charge in [0.05, 0.1) is 6.04 Å². The molecule has 6 nitrogen and oxygen atoms in total. The molecule has 6 heteroatoms. The number of aromatic nitrogens is 3. The summed E-state index contributed by atoms with van der Waals surface area (Å²) in [5.74, 6) is 1.19. The maximum atomic E-state index is 5.63. The molecule has 0 aliphatic carbocycles. The fourth-order valence-corrected chi connectivity index (χ4v) is 3.73. The van der Waals surface area contributed by atoms with Gasteiger partial charge < -0.3 is 10.6 Å². The summed E-state index contributed by atoms with van der Waals surface area (Å²) in [4.78, 5) is 9.31. The molecule has 0 amide bonds. The number of H-pyrrole nitrogens is 1. The predicted molar refractivity (Wildman–Crippen MR) is 81.9 cm³/mol. The van der Waals surface area contributed by atoms with Crippen molar-refractivity contribution < 1.29 is 0 Å². The molecule has 3 N–H and O–H groups in total. The van der Waals surface area contributed by atoms with Gasteiger partial charge in [-0.05, 0) is 25.5 Å². The van der Waals surface area contributed by atoms with E-state index in [2.05, 4.69) is 62.2 Å². The van der Waals surface area contributed by atoms with Gasteiger partial charge in [0.15, 0.2) is 5.82 Å². The van der Waals surface area contributed by atoms with E-state index in [-0.39, 0.29) is 6.04 Å². The van der Waals surface area contributed by atoms with Crippen molar-refractivity contribution in [3.05, 3.63) is 36.2 Å². The number of hydrogen-bond acceptors (Lipinski definition) is 5. The maximum Gasteiger partial charge on any atom is 0.216 e. The largest absolute Gasteiger partial charge is 0.368 e. The van der Waals surface area contributed by atoms with Crippen LogP contribution in [0.5, 0.6) is 0 Å². The van der Waals surface area contributed by atoms with Crippen LogP contribution < -0.4 is 10.6 Å². The molecule has 0 saturated carbocycles. The lowest BCUT2D eigenvalue weighted by Gasteiger charge is -2.37. The maximum absolute atomic E-state index is 5.63. The number of benzene rings is 1. The highest BCUT2D eigenvalue weighted by molar-refractivity contribution is 5.49. The summed E-state index contributed by atoms with van der Waals surface area (Å²) >= 11 is 0. The number of rotatable bonds is 3. The Morgan fingerprint density at radius 3 is 2.67 bits per heavy atom. The van der Waals surface area contributed by atoms with Crippen LogP contribution in [0.4, 0.5) is 11.6 Å². The van der Waals surface area contributed by atoms with Crippen molar-refractivity contribution in [2.24, 2.45) is 0 Å². The summed E-state index contributed by atoms with van der Waals surface area (Å²) in [5, 5.41) is 6.94. The molecule has 2 aromatic rings. The van der Waals surface area contributed by atoms with Crippen molar-refractivity contribution in [2.45, 2.75) is 31.5 Å². The van der Waals surface area contributed by atoms with Crippen LogP contribution in [0.15, 0.2) is 30.3 Å². The Bertz CT molecular complexity index is 624. The van der Waals surface area contributed by atoms with E-state index >= 15 is 0 Å². The average Bonchev–Trinajstić information content (AvgIpc) is 3.22. The van der Waals surface area contributed by atoms with Gasteiger partial charge in [-0.2, -0.15) is 10.1 Å². The second-order valence-corrected chi connectivity index (χ2v) is 5.98. The second-order valence-electron chi connectivity index (χ2n) is 5.98. The van der Waals surface area contributed by atoms with Crippen molar-refractivity contribution >= 4 is 11.6 Å². The van der Waals surface area contributed by atoms with Crippen LogP contribution in [0.25, 0.3) is 0 Å². The van der Waals surface area contributed by atoms with Crippen molar-refractivity contribution in [3.63, 3.8) is 0 Å². The first-order valence-corrected chi connectivity index (χ1v) is 7.47. The van der Waals surface area contributed by atoms with Gasteiger partial charge >= 0.3 is 0 Å². The van der Waals surface area contributed by atoms with E-state index in [1.165, 1.54) is 12.1 Å². The van der Waals surface area contributed by atoms with Crippen molar-refractivity contribution in [1.82, 2.24) is 20.1 Å². The molecule has 3 atom stereocenters. The number of aromatic amines is 1. The van der Waals surface area contributed by atoms with E-state index in [0.717, 1.165) is 18.9 Å². The molecule has 0 spiro atoms. The molecule has 3 heterocycles. The van der Waals surface area contributed by atoms with Crippen molar-refractivity contribution in [1.29, 1.82) is 0 Å². The highest BCUT2D eigenvalue weighted by Gasteiger charge is 2.45. The summed E-state index contributed by atoms with van der Waals surface area (Å²) in [6.07, 6.45) is 1.22. The normalized spacial score (nSPS) is 26.4. The summed E-state index contributed by atoms with van der Waals surface area (Å²) in [6, 6.07) is 12.1. The first-order chi connectivity index (χ1) is 10.2. The van der Waals surface area contributed by atoms with E-state index < -0.39 is 0 Å². The van der Waals surface area contributed by atoms with Gasteiger partial charge in [0.2, 0.25) is 5.95 Å². The lowest BCUT2D eigenvalue weighted by molar-refractivity contribution is 0.174. The first-order valence-electron chi connectivity index (χ1n) is 7.47. The lowest BCUT2D eigenvalue weighted by Crippen LogP contribution is -2.47. The van der Waals surface area contributed by atoms with Gasteiger partial charge in [0.25, 0.3) is 0 Å². The molecule has 2 saturated heterocycles. The summed E-state index contributed by atoms with van der Waals surface area (Å²) in [6.45, 7) is 4.31. The fraction of sp³-hybridized carbons (Fsp3) is 0.467. The first kappa shape index (κ1) is 12.6. The highest BCUT2D eigenvalue weighted by atomic mass is 15.4. The third kappa shape index (κ3) is 2.06. The highest BCUT2D eigenvalue weighted by Crippen LogP contribution is 2.38. The summed E-state index contributed by atoms with van der Waals surface area (Å²) in [7, 11) is 0. The van der Waals surface area contributed by atoms with Gasteiger partial charge in [-0.3, -0.25) is 4.90 Å². The number of anilines is 2. The number of nitrogens with zero attached hydrogens (tertiary/aromatic N) is 4. The smallest absolute Gasteiger partial charge is 0.216 e. The summed E-state index contributed by atoms with van der Waals surface area (Å²) < 4.78 is 0. The van der Waals surface area contributed by atoms with Crippen LogP contribution >= 0.6 is 0 Å². The average molecular weight is 284 g/mol. The van der Waals surface area contributed by atoms with Gasteiger partial charge in [0, 0.05) is 30.9 Å². The number of para-hydroxylation sites is 1. The predicted octanol–water partition coefficient (Wildman–Crippen LogP) is 1.41. The molecule has 4 rings (SSSR count). The molecule has 2 aliphatic heterocycles. The Balaban J connectivity index is 1.49. The van der Waals surface area contributed by atoms with Gasteiger partial charge in [-0.15, -0.1) is 0 Å². The molecule has 1 aromatic carbocycles. The van der Waals surface area contributed by atoms with E-state index in [4.69, 9.17) is 5.73 Å². The molecular weight excluding hydrogens is 264 g/mol. The standard InChI is InChI=1S/C15H20N6/c1-10(14-17-15(16)19-18-14)20-8-13-7-12(20)9-21(13)11-5-3-2-4-6-11/h2-6,10,12-13H,7-9H2,1H3,(H3,16,17,18,19)/t10?,12-,13-/m0/s1. The number of likely N-dealkylation sites (tertiary alicyclic amines) is 1. The minimum absolute atomic E-state index is 0.214. The number of piperazine rings is 1. The Hall–Kier alpha value is -2.08. The topological polar surface area (TPSA) is 74.1 Å². The van der Waals surface area contributed by atoms with E-state index in [1.54, 1.807) is 0 Å². The van der Waals surface area contributed by atoms with Gasteiger partial charge in [-0.25, -0.2) is 5.10 Å². The monoisotopic (exact) mass is 284 g/mol. The molecule has 1 aromatic heterocycles. The second kappa shape index (κ2) is 4.73. The molecule has 0 radical (unpaired) electrons. The molecular formula is C15H20N6. The molecule has 110 valence electrons. The number of nitrogens with one attached hydrogen (secondary N) is 1.